The molecule has 33 heavy (non-hydrogen) atoms. The average Bonchev–Trinajstić information content (AvgIpc) is 3.15. The van der Waals surface area contributed by atoms with Crippen LogP contribution in [-0.4, -0.2) is 16.3 Å². The van der Waals surface area contributed by atoms with E-state index < -0.39 is 6.10 Å². The molecule has 3 fully saturated rings. The Labute approximate surface area is 199 Å². The Kier molecular flexibility index (Phi) is 6.21. The predicted octanol–water partition coefficient (Wildman–Crippen LogP) is 6.70. The molecule has 0 aromatic heterocycles. The first kappa shape index (κ1) is 23.1. The quantitative estimate of drug-likeness (QED) is 0.494. The molecule has 178 valence electrons. The van der Waals surface area contributed by atoms with E-state index in [9.17, 15) is 15.5 Å². The number of rotatable bonds is 5. The van der Waals surface area contributed by atoms with Crippen molar-refractivity contribution >= 4 is 0 Å². The van der Waals surface area contributed by atoms with E-state index in [1.807, 2.05) is 18.2 Å². The van der Waals surface area contributed by atoms with Crippen molar-refractivity contribution in [1.29, 1.82) is 5.26 Å². The van der Waals surface area contributed by atoms with Crippen LogP contribution in [-0.2, 0) is 0 Å². The Balaban J connectivity index is 1.24. The second-order valence-corrected chi connectivity index (χ2v) is 12.1. The van der Waals surface area contributed by atoms with Gasteiger partial charge in [0.25, 0.3) is 0 Å². The minimum atomic E-state index is -0.537. The number of hydrogen-bond donors (Lipinski definition) is 2. The summed E-state index contributed by atoms with van der Waals surface area (Å²) in [5, 5.41) is 30.3. The Bertz CT molecular complexity index is 947. The van der Waals surface area contributed by atoms with E-state index in [1.54, 1.807) is 11.6 Å². The van der Waals surface area contributed by atoms with Gasteiger partial charge in [0.05, 0.1) is 23.8 Å². The molecule has 0 spiro atoms. The highest BCUT2D eigenvalue weighted by molar-refractivity contribution is 5.38. The van der Waals surface area contributed by atoms with Crippen molar-refractivity contribution in [2.24, 2.45) is 34.5 Å². The molecule has 0 radical (unpaired) electrons. The van der Waals surface area contributed by atoms with Gasteiger partial charge in [0.15, 0.2) is 0 Å². The molecule has 0 aliphatic heterocycles. The molecule has 0 saturated heterocycles. The minimum absolute atomic E-state index is 0.124. The molecule has 2 N–H and O–H groups in total. The highest BCUT2D eigenvalue weighted by Gasteiger charge is 2.58. The molecule has 3 nitrogen and oxygen atoms in total. The summed E-state index contributed by atoms with van der Waals surface area (Å²) in [5.74, 6) is 3.19. The number of hydrogen-bond acceptors (Lipinski definition) is 3. The standard InChI is InChI=1S/C30H41NO2/c1-29-17-15-27-25(12-10-22-18-23(32)14-16-30(22,27)2)26(29)13-11-21(29)7-5-9-28(33)24-8-4-3-6-20(24)19-31/h3-4,6,8,10,21,23,25-28,32-33H,5,7,9,11-18H2,1-2H3/t21-,23?,25?,26?,27?,28?,29?,30?/m0/s1. The van der Waals surface area contributed by atoms with Crippen molar-refractivity contribution in [1.82, 2.24) is 0 Å². The summed E-state index contributed by atoms with van der Waals surface area (Å²) in [6, 6.07) is 9.70. The Morgan fingerprint density at radius 2 is 1.91 bits per heavy atom. The molecule has 0 heterocycles. The maximum atomic E-state index is 10.7. The second-order valence-electron chi connectivity index (χ2n) is 12.1. The highest BCUT2D eigenvalue weighted by atomic mass is 16.3. The Morgan fingerprint density at radius 3 is 2.73 bits per heavy atom. The summed E-state index contributed by atoms with van der Waals surface area (Å²) in [5.41, 5.74) is 3.70. The summed E-state index contributed by atoms with van der Waals surface area (Å²) in [6.45, 7) is 5.09. The van der Waals surface area contributed by atoms with Crippen LogP contribution in [0.5, 0.6) is 0 Å². The maximum Gasteiger partial charge on any atom is 0.0995 e. The molecule has 1 aromatic carbocycles. The van der Waals surface area contributed by atoms with Gasteiger partial charge in [-0.3, -0.25) is 0 Å². The lowest BCUT2D eigenvalue weighted by Gasteiger charge is -2.58. The zero-order chi connectivity index (χ0) is 23.2. The second kappa shape index (κ2) is 8.86. The molecular weight excluding hydrogens is 406 g/mol. The van der Waals surface area contributed by atoms with Crippen LogP contribution in [0.3, 0.4) is 0 Å². The lowest BCUT2D eigenvalue weighted by atomic mass is 9.47. The first-order valence-electron chi connectivity index (χ1n) is 13.4. The van der Waals surface area contributed by atoms with Crippen LogP contribution in [0, 0.1) is 45.8 Å². The van der Waals surface area contributed by atoms with Gasteiger partial charge in [-0.05, 0) is 110 Å². The topological polar surface area (TPSA) is 64.2 Å². The Hall–Kier alpha value is -1.63. The van der Waals surface area contributed by atoms with Crippen molar-refractivity contribution in [2.75, 3.05) is 0 Å². The van der Waals surface area contributed by atoms with Gasteiger partial charge in [-0.1, -0.05) is 50.1 Å². The van der Waals surface area contributed by atoms with Crippen LogP contribution in [0.1, 0.15) is 102 Å². The van der Waals surface area contributed by atoms with Crippen molar-refractivity contribution < 1.29 is 10.2 Å². The molecule has 0 amide bonds. The summed E-state index contributed by atoms with van der Waals surface area (Å²) in [4.78, 5) is 0. The number of allylic oxidation sites excluding steroid dienone is 1. The summed E-state index contributed by atoms with van der Waals surface area (Å²) in [7, 11) is 0. The molecule has 4 aliphatic carbocycles. The Morgan fingerprint density at radius 1 is 1.09 bits per heavy atom. The number of benzene rings is 1. The minimum Gasteiger partial charge on any atom is -0.393 e. The van der Waals surface area contributed by atoms with Crippen molar-refractivity contribution in [3.63, 3.8) is 0 Å². The van der Waals surface area contributed by atoms with Crippen molar-refractivity contribution in [2.45, 2.75) is 96.7 Å². The fraction of sp³-hybridized carbons (Fsp3) is 0.700. The summed E-state index contributed by atoms with van der Waals surface area (Å²) < 4.78 is 0. The average molecular weight is 448 g/mol. The summed E-state index contributed by atoms with van der Waals surface area (Å²) >= 11 is 0. The zero-order valence-electron chi connectivity index (χ0n) is 20.5. The van der Waals surface area contributed by atoms with Gasteiger partial charge in [-0.15, -0.1) is 0 Å². The number of nitrogens with zero attached hydrogens (tertiary/aromatic N) is 1. The van der Waals surface area contributed by atoms with E-state index in [-0.39, 0.29) is 6.10 Å². The lowest BCUT2D eigenvalue weighted by Crippen LogP contribution is -2.50. The van der Waals surface area contributed by atoms with Crippen molar-refractivity contribution in [3.05, 3.63) is 47.0 Å². The van der Waals surface area contributed by atoms with Gasteiger partial charge in [0.1, 0.15) is 0 Å². The van der Waals surface area contributed by atoms with E-state index in [4.69, 9.17) is 0 Å². The number of aliphatic hydroxyl groups is 2. The highest BCUT2D eigenvalue weighted by Crippen LogP contribution is 2.66. The monoisotopic (exact) mass is 447 g/mol. The molecular formula is C30H41NO2. The molecule has 8 atom stereocenters. The largest absolute Gasteiger partial charge is 0.393 e. The van der Waals surface area contributed by atoms with Crippen molar-refractivity contribution in [3.8, 4) is 6.07 Å². The first-order valence-corrected chi connectivity index (χ1v) is 13.4. The molecule has 7 unspecified atom stereocenters. The fourth-order valence-corrected chi connectivity index (χ4v) is 8.83. The fourth-order valence-electron chi connectivity index (χ4n) is 8.83. The van der Waals surface area contributed by atoms with Gasteiger partial charge in [-0.25, -0.2) is 0 Å². The van der Waals surface area contributed by atoms with Gasteiger partial charge < -0.3 is 10.2 Å². The third-order valence-corrected chi connectivity index (χ3v) is 10.7. The van der Waals surface area contributed by atoms with Crippen LogP contribution in [0.15, 0.2) is 35.9 Å². The molecule has 5 rings (SSSR count). The number of fused-ring (bicyclic) bond motifs is 5. The lowest BCUT2D eigenvalue weighted by molar-refractivity contribution is -0.0511. The third-order valence-electron chi connectivity index (χ3n) is 10.7. The molecule has 3 heteroatoms. The molecule has 3 saturated carbocycles. The third kappa shape index (κ3) is 3.88. The summed E-state index contributed by atoms with van der Waals surface area (Å²) in [6.07, 6.45) is 14.5. The van der Waals surface area contributed by atoms with Crippen LogP contribution in [0.4, 0.5) is 0 Å². The maximum absolute atomic E-state index is 10.7. The van der Waals surface area contributed by atoms with E-state index in [0.717, 1.165) is 61.3 Å². The van der Waals surface area contributed by atoms with E-state index in [2.05, 4.69) is 26.0 Å². The molecule has 0 bridgehead atoms. The van der Waals surface area contributed by atoms with Gasteiger partial charge in [0.2, 0.25) is 0 Å². The van der Waals surface area contributed by atoms with Crippen LogP contribution < -0.4 is 0 Å². The zero-order valence-corrected chi connectivity index (χ0v) is 20.5. The van der Waals surface area contributed by atoms with Crippen LogP contribution in [0.25, 0.3) is 0 Å². The normalized spacial score (nSPS) is 40.7. The van der Waals surface area contributed by atoms with Crippen LogP contribution >= 0.6 is 0 Å². The smallest absolute Gasteiger partial charge is 0.0995 e. The van der Waals surface area contributed by atoms with E-state index in [1.165, 1.54) is 38.5 Å². The van der Waals surface area contributed by atoms with Gasteiger partial charge in [0, 0.05) is 0 Å². The van der Waals surface area contributed by atoms with E-state index >= 15 is 0 Å². The molecule has 4 aliphatic rings. The number of nitriles is 1. The number of aliphatic hydroxyl groups excluding tert-OH is 2. The predicted molar refractivity (Wildman–Crippen MR) is 131 cm³/mol. The molecule has 1 aromatic rings. The van der Waals surface area contributed by atoms with Gasteiger partial charge in [-0.2, -0.15) is 5.26 Å². The van der Waals surface area contributed by atoms with Crippen LogP contribution in [0.2, 0.25) is 0 Å². The first-order chi connectivity index (χ1) is 15.9. The van der Waals surface area contributed by atoms with Gasteiger partial charge >= 0.3 is 0 Å². The SMILES string of the molecule is CC12CCC(O)CC1=CCC1C2CCC2(C)C1CC[C@@H]2CCCC(O)c1ccccc1C#N. The van der Waals surface area contributed by atoms with E-state index in [0.29, 0.717) is 16.4 Å².